The second-order valence-electron chi connectivity index (χ2n) is 8.59. The van der Waals surface area contributed by atoms with E-state index in [2.05, 4.69) is 15.3 Å². The molecule has 7 heteroatoms. The minimum Gasteiger partial charge on any atom is -0.348 e. The monoisotopic (exact) mass is 483 g/mol. The molecular weight excluding hydrogens is 462 g/mol. The fraction of sp³-hybridized carbons (Fsp3) is 0.0333. The molecule has 0 saturated heterocycles. The number of aromatic nitrogens is 4. The van der Waals surface area contributed by atoms with Crippen LogP contribution < -0.4 is 10.7 Å². The van der Waals surface area contributed by atoms with E-state index in [-0.39, 0.29) is 11.1 Å². The van der Waals surface area contributed by atoms with Crippen molar-refractivity contribution in [1.29, 1.82) is 0 Å². The largest absolute Gasteiger partial charge is 0.348 e. The van der Waals surface area contributed by atoms with Crippen LogP contribution in [0.25, 0.3) is 44.6 Å². The Kier molecular flexibility index (Phi) is 5.71. The molecule has 0 atom stereocenters. The van der Waals surface area contributed by atoms with Crippen LogP contribution in [0, 0.1) is 0 Å². The molecule has 0 aliphatic rings. The quantitative estimate of drug-likeness (QED) is 0.354. The Balaban J connectivity index is 1.48. The average Bonchev–Trinajstić information content (AvgIpc) is 2.96. The summed E-state index contributed by atoms with van der Waals surface area (Å²) in [4.78, 5) is 43.3. The summed E-state index contributed by atoms with van der Waals surface area (Å²) in [5, 5.41) is 3.76. The van der Waals surface area contributed by atoms with Gasteiger partial charge < -0.3 is 10.3 Å². The molecule has 0 aliphatic heterocycles. The molecule has 0 unspecified atom stereocenters. The lowest BCUT2D eigenvalue weighted by Crippen LogP contribution is -2.29. The van der Waals surface area contributed by atoms with Crippen LogP contribution in [-0.4, -0.2) is 25.8 Å². The zero-order valence-electron chi connectivity index (χ0n) is 19.7. The molecular formula is C30H21N5O2. The predicted octanol–water partition coefficient (Wildman–Crippen LogP) is 5.13. The van der Waals surface area contributed by atoms with Crippen molar-refractivity contribution in [2.45, 2.75) is 6.54 Å². The Labute approximate surface area is 211 Å². The second-order valence-corrected chi connectivity index (χ2v) is 8.59. The summed E-state index contributed by atoms with van der Waals surface area (Å²) in [7, 11) is 0. The van der Waals surface area contributed by atoms with E-state index in [1.54, 1.807) is 6.20 Å². The number of H-pyrrole nitrogens is 1. The van der Waals surface area contributed by atoms with Gasteiger partial charge in [-0.1, -0.05) is 72.8 Å². The lowest BCUT2D eigenvalue weighted by atomic mass is 10.0. The van der Waals surface area contributed by atoms with Crippen LogP contribution in [0.15, 0.2) is 108 Å². The number of fused-ring (bicyclic) bond motifs is 2. The summed E-state index contributed by atoms with van der Waals surface area (Å²) in [6, 6.07) is 28.9. The lowest BCUT2D eigenvalue weighted by molar-refractivity contribution is 0.0949. The Hall–Kier alpha value is -5.17. The average molecular weight is 484 g/mol. The van der Waals surface area contributed by atoms with Crippen molar-refractivity contribution in [2.24, 2.45) is 0 Å². The molecule has 7 nitrogen and oxygen atoms in total. The van der Waals surface area contributed by atoms with E-state index in [9.17, 15) is 9.59 Å². The van der Waals surface area contributed by atoms with Crippen LogP contribution in [0.2, 0.25) is 0 Å². The molecule has 1 amide bonds. The molecule has 2 N–H and O–H groups in total. The molecule has 6 rings (SSSR count). The number of pyridine rings is 2. The third kappa shape index (κ3) is 4.34. The number of nitrogens with one attached hydrogen (secondary N) is 2. The van der Waals surface area contributed by atoms with Gasteiger partial charge in [-0.05, 0) is 23.8 Å². The molecule has 0 saturated carbocycles. The molecule has 178 valence electrons. The van der Waals surface area contributed by atoms with Crippen molar-refractivity contribution in [3.05, 3.63) is 125 Å². The van der Waals surface area contributed by atoms with Crippen LogP contribution in [0.5, 0.6) is 0 Å². The molecule has 0 aliphatic carbocycles. The second kappa shape index (κ2) is 9.47. The summed E-state index contributed by atoms with van der Waals surface area (Å²) >= 11 is 0. The van der Waals surface area contributed by atoms with Gasteiger partial charge >= 0.3 is 0 Å². The zero-order valence-corrected chi connectivity index (χ0v) is 19.7. The van der Waals surface area contributed by atoms with Gasteiger partial charge in [-0.25, -0.2) is 9.97 Å². The first-order valence-corrected chi connectivity index (χ1v) is 11.8. The normalized spacial score (nSPS) is 11.0. The maximum atomic E-state index is 13.4. The first kappa shape index (κ1) is 22.3. The number of carbonyl (C=O) groups is 1. The molecule has 3 heterocycles. The smallest absolute Gasteiger partial charge is 0.257 e. The van der Waals surface area contributed by atoms with E-state index in [0.29, 0.717) is 23.6 Å². The molecule has 3 aromatic carbocycles. The highest BCUT2D eigenvalue weighted by Crippen LogP contribution is 2.31. The van der Waals surface area contributed by atoms with Gasteiger partial charge in [0.05, 0.1) is 16.9 Å². The van der Waals surface area contributed by atoms with Crippen molar-refractivity contribution in [3.63, 3.8) is 0 Å². The van der Waals surface area contributed by atoms with Gasteiger partial charge in [0, 0.05) is 35.5 Å². The van der Waals surface area contributed by atoms with Gasteiger partial charge in [0.2, 0.25) is 5.43 Å². The van der Waals surface area contributed by atoms with E-state index in [0.717, 1.165) is 27.6 Å². The van der Waals surface area contributed by atoms with Gasteiger partial charge in [0.1, 0.15) is 5.56 Å². The van der Waals surface area contributed by atoms with E-state index >= 15 is 0 Å². The number of aromatic amines is 1. The topological polar surface area (TPSA) is 101 Å². The SMILES string of the molecule is O=C(NCc1ccccc1)c1c[nH]c2nc(-c3ccccc3)c(-c3ccc4ncccc4c3)nc2c1=O. The molecule has 3 aromatic heterocycles. The highest BCUT2D eigenvalue weighted by molar-refractivity contribution is 5.97. The highest BCUT2D eigenvalue weighted by Gasteiger charge is 2.19. The number of carbonyl (C=O) groups excluding carboxylic acids is 1. The van der Waals surface area contributed by atoms with Gasteiger partial charge in [-0.15, -0.1) is 0 Å². The molecule has 0 radical (unpaired) electrons. The number of rotatable bonds is 5. The van der Waals surface area contributed by atoms with E-state index in [1.807, 2.05) is 91.0 Å². The van der Waals surface area contributed by atoms with Crippen molar-refractivity contribution >= 4 is 28.0 Å². The van der Waals surface area contributed by atoms with Crippen LogP contribution in [0.4, 0.5) is 0 Å². The Morgan fingerprint density at radius 3 is 2.38 bits per heavy atom. The summed E-state index contributed by atoms with van der Waals surface area (Å²) < 4.78 is 0. The standard InChI is InChI=1S/C30H21N5O2/c36-28-23(30(37)33-17-19-8-3-1-4-9-19)18-32-29-27(28)34-26(25(35-29)20-10-5-2-6-11-20)22-13-14-24-21(16-22)12-7-15-31-24/h1-16,18H,17H2,(H,33,37)(H,32,35,36). The van der Waals surface area contributed by atoms with E-state index in [4.69, 9.17) is 9.97 Å². The van der Waals surface area contributed by atoms with E-state index in [1.165, 1.54) is 6.20 Å². The van der Waals surface area contributed by atoms with Crippen molar-refractivity contribution in [1.82, 2.24) is 25.3 Å². The third-order valence-electron chi connectivity index (χ3n) is 6.17. The maximum Gasteiger partial charge on any atom is 0.257 e. The molecule has 0 bridgehead atoms. The molecule has 0 fully saturated rings. The highest BCUT2D eigenvalue weighted by atomic mass is 16.2. The van der Waals surface area contributed by atoms with Crippen molar-refractivity contribution in [2.75, 3.05) is 0 Å². The lowest BCUT2D eigenvalue weighted by Gasteiger charge is -2.12. The van der Waals surface area contributed by atoms with Crippen LogP contribution in [-0.2, 0) is 6.54 Å². The summed E-state index contributed by atoms with van der Waals surface area (Å²) in [6.07, 6.45) is 3.15. The number of amides is 1. The fourth-order valence-electron chi connectivity index (χ4n) is 4.29. The minimum atomic E-state index is -0.477. The number of hydrogen-bond acceptors (Lipinski definition) is 5. The predicted molar refractivity (Wildman–Crippen MR) is 144 cm³/mol. The molecule has 0 spiro atoms. The summed E-state index contributed by atoms with van der Waals surface area (Å²) in [6.45, 7) is 0.312. The Bertz CT molecular complexity index is 1820. The molecule has 6 aromatic rings. The minimum absolute atomic E-state index is 0.0150. The van der Waals surface area contributed by atoms with Crippen LogP contribution in [0.3, 0.4) is 0 Å². The number of nitrogens with zero attached hydrogens (tertiary/aromatic N) is 3. The van der Waals surface area contributed by atoms with Crippen molar-refractivity contribution in [3.8, 4) is 22.5 Å². The number of hydrogen-bond donors (Lipinski definition) is 2. The van der Waals surface area contributed by atoms with E-state index < -0.39 is 11.3 Å². The molecule has 37 heavy (non-hydrogen) atoms. The fourth-order valence-corrected chi connectivity index (χ4v) is 4.29. The summed E-state index contributed by atoms with van der Waals surface area (Å²) in [5.74, 6) is -0.473. The van der Waals surface area contributed by atoms with Gasteiger partial charge in [0.15, 0.2) is 11.2 Å². The van der Waals surface area contributed by atoms with Crippen LogP contribution in [0.1, 0.15) is 15.9 Å². The first-order chi connectivity index (χ1) is 18.2. The van der Waals surface area contributed by atoms with Gasteiger partial charge in [0.25, 0.3) is 5.91 Å². The maximum absolute atomic E-state index is 13.4. The Morgan fingerprint density at radius 2 is 1.57 bits per heavy atom. The zero-order chi connectivity index (χ0) is 25.2. The van der Waals surface area contributed by atoms with Gasteiger partial charge in [-0.2, -0.15) is 0 Å². The number of benzene rings is 3. The summed E-state index contributed by atoms with van der Waals surface area (Å²) in [5.41, 5.74) is 4.57. The van der Waals surface area contributed by atoms with Crippen LogP contribution >= 0.6 is 0 Å². The first-order valence-electron chi connectivity index (χ1n) is 11.8. The van der Waals surface area contributed by atoms with Crippen molar-refractivity contribution < 1.29 is 4.79 Å². The Morgan fingerprint density at radius 1 is 0.811 bits per heavy atom. The van der Waals surface area contributed by atoms with Gasteiger partial charge in [-0.3, -0.25) is 14.6 Å². The third-order valence-corrected chi connectivity index (χ3v) is 6.17.